The fourth-order valence-corrected chi connectivity index (χ4v) is 5.50. The van der Waals surface area contributed by atoms with Crippen LogP contribution in [-0.4, -0.2) is 49.5 Å². The van der Waals surface area contributed by atoms with Crippen LogP contribution < -0.4 is 10.0 Å². The topological polar surface area (TPSA) is 118 Å². The number of rotatable bonds is 4. The number of hydrogen-bond acceptors (Lipinski definition) is 8. The Bertz CT molecular complexity index is 1040. The average Bonchev–Trinajstić information content (AvgIpc) is 3.26. The highest BCUT2D eigenvalue weighted by Crippen LogP contribution is 2.30. The van der Waals surface area contributed by atoms with Crippen molar-refractivity contribution < 1.29 is 22.7 Å². The number of ether oxygens (including phenoxy) is 1. The summed E-state index contributed by atoms with van der Waals surface area (Å²) < 4.78 is 31.2. The monoisotopic (exact) mass is 458 g/mol. The van der Waals surface area contributed by atoms with Crippen molar-refractivity contribution >= 4 is 49.8 Å². The summed E-state index contributed by atoms with van der Waals surface area (Å²) in [6.45, 7) is 6.33. The minimum atomic E-state index is -3.60. The van der Waals surface area contributed by atoms with E-state index in [1.807, 2.05) is 20.8 Å². The van der Waals surface area contributed by atoms with Gasteiger partial charge >= 0.3 is 6.09 Å². The zero-order valence-electron chi connectivity index (χ0n) is 16.4. The Morgan fingerprint density at radius 2 is 2.03 bits per heavy atom. The number of nitrogens with one attached hydrogen (secondary N) is 2. The minimum Gasteiger partial charge on any atom is -0.444 e. The molecule has 0 spiro atoms. The van der Waals surface area contributed by atoms with Gasteiger partial charge in [-0.3, -0.25) is 10.1 Å². The van der Waals surface area contributed by atoms with Gasteiger partial charge in [0, 0.05) is 23.2 Å². The molecule has 2 N–H and O–H groups in total. The smallest absolute Gasteiger partial charge is 0.410 e. The normalized spacial score (nSPS) is 14.4. The van der Waals surface area contributed by atoms with Crippen molar-refractivity contribution in [3.63, 3.8) is 0 Å². The molecular weight excluding hydrogens is 436 g/mol. The van der Waals surface area contributed by atoms with Crippen molar-refractivity contribution in [2.45, 2.75) is 44.2 Å². The molecule has 0 saturated heterocycles. The van der Waals surface area contributed by atoms with Gasteiger partial charge in [0.25, 0.3) is 5.91 Å². The molecule has 2 amide bonds. The lowest BCUT2D eigenvalue weighted by molar-refractivity contribution is 0.0225. The van der Waals surface area contributed by atoms with Gasteiger partial charge in [-0.05, 0) is 33.9 Å². The van der Waals surface area contributed by atoms with Crippen molar-refractivity contribution in [1.82, 2.24) is 14.6 Å². The van der Waals surface area contributed by atoms with Crippen molar-refractivity contribution in [2.75, 3.05) is 18.9 Å². The Morgan fingerprint density at radius 3 is 2.69 bits per heavy atom. The van der Waals surface area contributed by atoms with Crippen molar-refractivity contribution in [3.05, 3.63) is 26.9 Å². The van der Waals surface area contributed by atoms with E-state index in [0.717, 1.165) is 21.9 Å². The molecule has 0 aliphatic carbocycles. The third-order valence-corrected chi connectivity index (χ3v) is 7.45. The molecule has 0 atom stereocenters. The van der Waals surface area contributed by atoms with Crippen LogP contribution in [0.5, 0.6) is 0 Å². The highest BCUT2D eigenvalue weighted by atomic mass is 32.2. The van der Waals surface area contributed by atoms with Gasteiger partial charge in [0.05, 0.1) is 22.0 Å². The van der Waals surface area contributed by atoms with E-state index in [4.69, 9.17) is 4.74 Å². The van der Waals surface area contributed by atoms with Crippen LogP contribution in [0.2, 0.25) is 0 Å². The first-order chi connectivity index (χ1) is 13.5. The average molecular weight is 459 g/mol. The van der Waals surface area contributed by atoms with Crippen LogP contribution in [0.4, 0.5) is 9.93 Å². The number of nitrogens with zero attached hydrogens (tertiary/aromatic N) is 2. The molecule has 9 nitrogen and oxygen atoms in total. The number of sulfonamides is 1. The predicted molar refractivity (Wildman–Crippen MR) is 111 cm³/mol. The van der Waals surface area contributed by atoms with Crippen molar-refractivity contribution in [1.29, 1.82) is 0 Å². The second kappa shape index (κ2) is 8.01. The molecule has 0 bridgehead atoms. The quantitative estimate of drug-likeness (QED) is 0.727. The highest BCUT2D eigenvalue weighted by Gasteiger charge is 2.28. The summed E-state index contributed by atoms with van der Waals surface area (Å²) in [7, 11) is -2.28. The maximum absolute atomic E-state index is 12.5. The van der Waals surface area contributed by atoms with E-state index in [0.29, 0.717) is 24.6 Å². The van der Waals surface area contributed by atoms with Crippen LogP contribution in [0.25, 0.3) is 0 Å². The van der Waals surface area contributed by atoms with Gasteiger partial charge in [0.2, 0.25) is 10.0 Å². The first-order valence-electron chi connectivity index (χ1n) is 8.78. The Kier molecular flexibility index (Phi) is 5.99. The molecule has 12 heteroatoms. The predicted octanol–water partition coefficient (Wildman–Crippen LogP) is 2.66. The molecule has 29 heavy (non-hydrogen) atoms. The summed E-state index contributed by atoms with van der Waals surface area (Å²) in [4.78, 5) is 32.0. The van der Waals surface area contributed by atoms with Gasteiger partial charge in [-0.2, -0.15) is 0 Å². The second-order valence-corrected chi connectivity index (χ2v) is 11.2. The van der Waals surface area contributed by atoms with E-state index >= 15 is 0 Å². The molecule has 0 radical (unpaired) electrons. The number of aromatic nitrogens is 1. The van der Waals surface area contributed by atoms with E-state index in [1.54, 1.807) is 4.90 Å². The summed E-state index contributed by atoms with van der Waals surface area (Å²) in [5.41, 5.74) is 0.277. The summed E-state index contributed by atoms with van der Waals surface area (Å²) >= 11 is 2.34. The van der Waals surface area contributed by atoms with Gasteiger partial charge in [-0.1, -0.05) is 11.3 Å². The molecule has 0 fully saturated rings. The standard InChI is InChI=1S/C17H22N4O5S3/c1-17(2,3)26-16(23)21-6-5-11-13(8-21)28-15(19-11)20-14(22)12-7-10(9-27-12)29(24,25)18-4/h7,9,18H,5-6,8H2,1-4H3,(H,19,20,22). The number of thiophene rings is 1. The number of amides is 2. The minimum absolute atomic E-state index is 0.0431. The van der Waals surface area contributed by atoms with Crippen LogP contribution in [0.1, 0.15) is 41.0 Å². The molecule has 1 aliphatic rings. The van der Waals surface area contributed by atoms with Crippen LogP contribution in [0.15, 0.2) is 16.3 Å². The fraction of sp³-hybridized carbons (Fsp3) is 0.471. The number of hydrogen-bond donors (Lipinski definition) is 2. The summed E-state index contributed by atoms with van der Waals surface area (Å²) in [5, 5.41) is 4.53. The van der Waals surface area contributed by atoms with Gasteiger partial charge in [0.15, 0.2) is 5.13 Å². The lowest BCUT2D eigenvalue weighted by Gasteiger charge is -2.29. The number of carbonyl (C=O) groups is 2. The fourth-order valence-electron chi connectivity index (χ4n) is 2.59. The van der Waals surface area contributed by atoms with E-state index in [1.165, 1.54) is 29.8 Å². The van der Waals surface area contributed by atoms with E-state index in [-0.39, 0.29) is 15.9 Å². The lowest BCUT2D eigenvalue weighted by Crippen LogP contribution is -2.39. The second-order valence-electron chi connectivity index (χ2n) is 7.35. The number of anilines is 1. The van der Waals surface area contributed by atoms with E-state index in [9.17, 15) is 18.0 Å². The van der Waals surface area contributed by atoms with Gasteiger partial charge in [-0.15, -0.1) is 11.3 Å². The zero-order valence-corrected chi connectivity index (χ0v) is 18.9. The summed E-state index contributed by atoms with van der Waals surface area (Å²) in [6, 6.07) is 1.32. The first kappa shape index (κ1) is 21.7. The van der Waals surface area contributed by atoms with Gasteiger partial charge < -0.3 is 9.64 Å². The van der Waals surface area contributed by atoms with Crippen LogP contribution in [0, 0.1) is 0 Å². The summed E-state index contributed by atoms with van der Waals surface area (Å²) in [6.07, 6.45) is 0.198. The van der Waals surface area contributed by atoms with Crippen LogP contribution in [-0.2, 0) is 27.7 Å². The Morgan fingerprint density at radius 1 is 1.31 bits per heavy atom. The molecule has 2 aromatic rings. The maximum atomic E-state index is 12.5. The molecule has 1 aliphatic heterocycles. The number of fused-ring (bicyclic) bond motifs is 1. The largest absolute Gasteiger partial charge is 0.444 e. The first-order valence-corrected chi connectivity index (χ1v) is 12.0. The Balaban J connectivity index is 1.68. The number of carbonyl (C=O) groups excluding carboxylic acids is 2. The Labute approximate surface area is 177 Å². The molecule has 3 heterocycles. The van der Waals surface area contributed by atoms with E-state index in [2.05, 4.69) is 15.0 Å². The molecule has 3 rings (SSSR count). The molecule has 158 valence electrons. The SMILES string of the molecule is CNS(=O)(=O)c1csc(C(=O)Nc2nc3c(s2)CN(C(=O)OC(C)(C)C)CC3)c1. The lowest BCUT2D eigenvalue weighted by atomic mass is 10.2. The third kappa shape index (κ3) is 5.13. The van der Waals surface area contributed by atoms with E-state index < -0.39 is 21.5 Å². The van der Waals surface area contributed by atoms with Gasteiger partial charge in [0.1, 0.15) is 5.60 Å². The van der Waals surface area contributed by atoms with Gasteiger partial charge in [-0.25, -0.2) is 22.9 Å². The molecule has 2 aromatic heterocycles. The van der Waals surface area contributed by atoms with Crippen molar-refractivity contribution in [3.8, 4) is 0 Å². The van der Waals surface area contributed by atoms with Crippen LogP contribution in [0.3, 0.4) is 0 Å². The number of thiazole rings is 1. The Hall–Kier alpha value is -2.02. The molecule has 0 aromatic carbocycles. The maximum Gasteiger partial charge on any atom is 0.410 e. The molecule has 0 unspecified atom stereocenters. The highest BCUT2D eigenvalue weighted by molar-refractivity contribution is 7.89. The zero-order chi connectivity index (χ0) is 21.4. The van der Waals surface area contributed by atoms with Crippen molar-refractivity contribution in [2.24, 2.45) is 0 Å². The summed E-state index contributed by atoms with van der Waals surface area (Å²) in [5.74, 6) is -0.428. The molecule has 0 saturated carbocycles. The molecular formula is C17H22N4O5S3. The van der Waals surface area contributed by atoms with Crippen LogP contribution >= 0.6 is 22.7 Å². The third-order valence-electron chi connectivity index (χ3n) is 3.98.